The molecule has 0 spiro atoms. The highest BCUT2D eigenvalue weighted by atomic mass is 79.9. The van der Waals surface area contributed by atoms with Gasteiger partial charge in [-0.1, -0.05) is 22.0 Å². The van der Waals surface area contributed by atoms with Gasteiger partial charge >= 0.3 is 5.97 Å². The van der Waals surface area contributed by atoms with Crippen molar-refractivity contribution in [3.63, 3.8) is 0 Å². The van der Waals surface area contributed by atoms with Crippen LogP contribution in [0.2, 0.25) is 0 Å². The van der Waals surface area contributed by atoms with Gasteiger partial charge in [0.2, 0.25) is 0 Å². The number of nitro groups is 1. The summed E-state index contributed by atoms with van der Waals surface area (Å²) in [6, 6.07) is 3.70. The van der Waals surface area contributed by atoms with Crippen LogP contribution >= 0.6 is 15.9 Å². The van der Waals surface area contributed by atoms with Crippen LogP contribution in [0.25, 0.3) is 0 Å². The van der Waals surface area contributed by atoms with E-state index in [0.29, 0.717) is 0 Å². The number of ether oxygens (including phenoxy) is 1. The third-order valence-electron chi connectivity index (χ3n) is 1.74. The van der Waals surface area contributed by atoms with E-state index < -0.39 is 21.9 Å². The van der Waals surface area contributed by atoms with Crippen LogP contribution in [0.4, 0.5) is 5.69 Å². The number of hydrogen-bond donors (Lipinski definition) is 0. The Bertz CT molecular complexity index is 473. The molecule has 0 N–H and O–H groups in total. The van der Waals surface area contributed by atoms with Gasteiger partial charge in [-0.3, -0.25) is 10.1 Å². The second-order valence-electron chi connectivity index (χ2n) is 2.54. The fraction of sp³-hybridized carbons (Fsp3) is 0.222. The van der Waals surface area contributed by atoms with E-state index in [1.165, 1.54) is 12.1 Å². The van der Waals surface area contributed by atoms with Crippen molar-refractivity contribution in [2.75, 3.05) is 7.11 Å². The van der Waals surface area contributed by atoms with E-state index in [0.717, 1.165) is 13.2 Å². The standard InChI is InChI=1S/C9H8BrNO4/c1-15-9(12)6-3-2-4-8(11(13)14)7(6)5-10/h2-4H,5H2,1H3/i5D2. The summed E-state index contributed by atoms with van der Waals surface area (Å²) < 4.78 is 19.4. The monoisotopic (exact) mass is 275 g/mol. The van der Waals surface area contributed by atoms with Gasteiger partial charge in [0.1, 0.15) is 0 Å². The van der Waals surface area contributed by atoms with Crippen LogP contribution in [0.1, 0.15) is 18.7 Å². The Morgan fingerprint density at radius 1 is 1.73 bits per heavy atom. The Hall–Kier alpha value is -1.43. The molecule has 0 atom stereocenters. The molecule has 6 heteroatoms. The molecule has 0 unspecified atom stereocenters. The lowest BCUT2D eigenvalue weighted by atomic mass is 10.1. The first kappa shape index (κ1) is 8.84. The summed E-state index contributed by atoms with van der Waals surface area (Å²) >= 11 is 2.68. The first-order chi connectivity index (χ1) is 7.79. The topological polar surface area (TPSA) is 69.4 Å². The largest absolute Gasteiger partial charge is 0.465 e. The molecule has 0 aromatic heterocycles. The van der Waals surface area contributed by atoms with Gasteiger partial charge in [0.05, 0.1) is 23.2 Å². The number of nitro benzene ring substituents is 1. The summed E-state index contributed by atoms with van der Waals surface area (Å²) in [4.78, 5) is 21.5. The van der Waals surface area contributed by atoms with E-state index in [1.807, 2.05) is 0 Å². The van der Waals surface area contributed by atoms with Crippen LogP contribution in [0.5, 0.6) is 0 Å². The van der Waals surface area contributed by atoms with Crippen molar-refractivity contribution in [1.29, 1.82) is 0 Å². The Morgan fingerprint density at radius 3 is 2.87 bits per heavy atom. The second-order valence-corrected chi connectivity index (χ2v) is 2.94. The van der Waals surface area contributed by atoms with Crippen LogP contribution in [-0.4, -0.2) is 18.0 Å². The van der Waals surface area contributed by atoms with Crippen molar-refractivity contribution >= 4 is 27.6 Å². The molecule has 0 saturated heterocycles. The number of hydrogen-bond acceptors (Lipinski definition) is 4. The van der Waals surface area contributed by atoms with Crippen LogP contribution in [0.3, 0.4) is 0 Å². The molecule has 0 radical (unpaired) electrons. The first-order valence-corrected chi connectivity index (χ1v) is 4.63. The van der Waals surface area contributed by atoms with Gasteiger partial charge in [0, 0.05) is 14.1 Å². The lowest BCUT2D eigenvalue weighted by Crippen LogP contribution is -2.07. The van der Waals surface area contributed by atoms with Gasteiger partial charge in [0.25, 0.3) is 5.69 Å². The Morgan fingerprint density at radius 2 is 2.40 bits per heavy atom. The summed E-state index contributed by atoms with van der Waals surface area (Å²) in [7, 11) is 1.12. The molecule has 1 aromatic carbocycles. The normalized spacial score (nSPS) is 12.7. The minimum Gasteiger partial charge on any atom is -0.465 e. The van der Waals surface area contributed by atoms with Crippen molar-refractivity contribution in [2.45, 2.75) is 5.28 Å². The minimum atomic E-state index is -2.19. The van der Waals surface area contributed by atoms with Gasteiger partial charge in [-0.2, -0.15) is 0 Å². The summed E-state index contributed by atoms with van der Waals surface area (Å²) in [5.74, 6) is -0.827. The number of alkyl halides is 1. The molecule has 0 aliphatic heterocycles. The maximum absolute atomic E-state index is 11.4. The molecular weight excluding hydrogens is 266 g/mol. The van der Waals surface area contributed by atoms with Crippen LogP contribution in [0.15, 0.2) is 18.2 Å². The predicted molar refractivity (Wildman–Crippen MR) is 57.1 cm³/mol. The second kappa shape index (κ2) is 4.88. The van der Waals surface area contributed by atoms with E-state index in [1.54, 1.807) is 0 Å². The first-order valence-electron chi connectivity index (χ1n) is 4.84. The fourth-order valence-electron chi connectivity index (χ4n) is 1.07. The number of nitrogens with zero attached hydrogens (tertiary/aromatic N) is 1. The molecule has 15 heavy (non-hydrogen) atoms. The summed E-state index contributed by atoms with van der Waals surface area (Å²) in [6.45, 7) is 0. The molecule has 5 nitrogen and oxygen atoms in total. The maximum atomic E-state index is 11.4. The molecule has 0 saturated carbocycles. The van der Waals surface area contributed by atoms with Gasteiger partial charge in [-0.15, -0.1) is 0 Å². The lowest BCUT2D eigenvalue weighted by Gasteiger charge is -2.05. The molecule has 0 aliphatic carbocycles. The summed E-state index contributed by atoms with van der Waals surface area (Å²) in [6.07, 6.45) is 0. The minimum absolute atomic E-state index is 0.177. The Balaban J connectivity index is 3.57. The molecule has 0 amide bonds. The number of carbonyl (C=O) groups excluding carboxylic acids is 1. The summed E-state index contributed by atoms with van der Waals surface area (Å²) in [5, 5.41) is 8.60. The zero-order valence-electron chi connectivity index (χ0n) is 9.69. The quantitative estimate of drug-likeness (QED) is 0.367. The predicted octanol–water partition coefficient (Wildman–Crippen LogP) is 2.28. The van der Waals surface area contributed by atoms with E-state index in [2.05, 4.69) is 20.7 Å². The third kappa shape index (κ3) is 2.33. The van der Waals surface area contributed by atoms with Gasteiger partial charge in [-0.25, -0.2) is 4.79 Å². The number of benzene rings is 1. The molecule has 80 valence electrons. The van der Waals surface area contributed by atoms with E-state index >= 15 is 0 Å². The van der Waals surface area contributed by atoms with Crippen molar-refractivity contribution in [2.24, 2.45) is 0 Å². The number of methoxy groups -OCH3 is 1. The average molecular weight is 276 g/mol. The van der Waals surface area contributed by atoms with Crippen molar-refractivity contribution in [3.05, 3.63) is 39.4 Å². The van der Waals surface area contributed by atoms with E-state index in [-0.39, 0.29) is 11.1 Å². The zero-order valence-corrected chi connectivity index (χ0v) is 9.28. The Labute approximate surface area is 97.1 Å². The van der Waals surface area contributed by atoms with Crippen molar-refractivity contribution in [3.8, 4) is 0 Å². The smallest absolute Gasteiger partial charge is 0.338 e. The maximum Gasteiger partial charge on any atom is 0.338 e. The molecule has 0 bridgehead atoms. The Kier molecular flexibility index (Phi) is 2.88. The molecule has 0 aliphatic rings. The van der Waals surface area contributed by atoms with Crippen LogP contribution in [0, 0.1) is 10.1 Å². The molecule has 1 aromatic rings. The highest BCUT2D eigenvalue weighted by Crippen LogP contribution is 2.25. The zero-order chi connectivity index (χ0) is 13.2. The lowest BCUT2D eigenvalue weighted by molar-refractivity contribution is -0.385. The number of rotatable bonds is 3. The highest BCUT2D eigenvalue weighted by Gasteiger charge is 2.20. The van der Waals surface area contributed by atoms with Gasteiger partial charge < -0.3 is 4.74 Å². The molecule has 0 heterocycles. The molecule has 1 rings (SSSR count). The highest BCUT2D eigenvalue weighted by molar-refractivity contribution is 9.08. The van der Waals surface area contributed by atoms with E-state index in [9.17, 15) is 14.9 Å². The number of halogens is 1. The van der Waals surface area contributed by atoms with Crippen molar-refractivity contribution < 1.29 is 17.2 Å². The van der Waals surface area contributed by atoms with Gasteiger partial charge in [-0.05, 0) is 6.07 Å². The molecule has 0 fully saturated rings. The third-order valence-corrected chi connectivity index (χ3v) is 2.14. The van der Waals surface area contributed by atoms with E-state index in [4.69, 9.17) is 2.74 Å². The molecular formula is C9H8BrNO4. The van der Waals surface area contributed by atoms with Crippen molar-refractivity contribution in [1.82, 2.24) is 0 Å². The van der Waals surface area contributed by atoms with Crippen LogP contribution < -0.4 is 0 Å². The van der Waals surface area contributed by atoms with Gasteiger partial charge in [0.15, 0.2) is 0 Å². The summed E-state index contributed by atoms with van der Waals surface area (Å²) in [5.41, 5.74) is -1.00. The fourth-order valence-corrected chi connectivity index (χ4v) is 1.49. The number of esters is 1. The average Bonchev–Trinajstić information content (AvgIpc) is 2.25. The number of carbonyl (C=O) groups is 1. The van der Waals surface area contributed by atoms with Crippen LogP contribution in [-0.2, 0) is 10.0 Å². The SMILES string of the molecule is [2H]C([2H])(Br)c1c(C(=O)OC)cccc1[N+](=O)[O-].